The SMILES string of the molecule is Cc1ccc(N(CC(=O)NCC2COc3ccccc3O2)S(=O)(=O)c2ccccc2)cc1Cl. The van der Waals surface area contributed by atoms with E-state index in [1.165, 1.54) is 12.1 Å². The smallest absolute Gasteiger partial charge is 0.264 e. The van der Waals surface area contributed by atoms with Crippen molar-refractivity contribution in [1.82, 2.24) is 5.32 Å². The van der Waals surface area contributed by atoms with Gasteiger partial charge in [0.05, 0.1) is 17.1 Å². The summed E-state index contributed by atoms with van der Waals surface area (Å²) in [7, 11) is -4.00. The lowest BCUT2D eigenvalue weighted by Crippen LogP contribution is -2.45. The molecule has 0 bridgehead atoms. The summed E-state index contributed by atoms with van der Waals surface area (Å²) in [6.45, 7) is 1.85. The molecule has 1 unspecified atom stereocenters. The van der Waals surface area contributed by atoms with Gasteiger partial charge in [-0.05, 0) is 48.9 Å². The molecule has 0 spiro atoms. The summed E-state index contributed by atoms with van der Waals surface area (Å²) in [4.78, 5) is 12.9. The number of ether oxygens (including phenoxy) is 2. The van der Waals surface area contributed by atoms with Crippen LogP contribution >= 0.6 is 11.6 Å². The average molecular weight is 487 g/mol. The maximum absolute atomic E-state index is 13.4. The number of halogens is 1. The molecule has 1 amide bonds. The van der Waals surface area contributed by atoms with Crippen molar-refractivity contribution >= 4 is 33.2 Å². The fourth-order valence-electron chi connectivity index (χ4n) is 3.35. The van der Waals surface area contributed by atoms with E-state index in [9.17, 15) is 13.2 Å². The van der Waals surface area contributed by atoms with E-state index in [0.717, 1.165) is 9.87 Å². The van der Waals surface area contributed by atoms with E-state index in [2.05, 4.69) is 5.32 Å². The standard InChI is InChI=1S/C24H23ClN2O5S/c1-17-11-12-18(13-21(17)25)27(33(29,30)20-7-3-2-4-8-20)15-24(28)26-14-19-16-31-22-9-5-6-10-23(22)32-19/h2-13,19H,14-16H2,1H3,(H,26,28). The lowest BCUT2D eigenvalue weighted by atomic mass is 10.2. The third-order valence-corrected chi connectivity index (χ3v) is 7.35. The predicted octanol–water partition coefficient (Wildman–Crippen LogP) is 3.80. The van der Waals surface area contributed by atoms with Gasteiger partial charge < -0.3 is 14.8 Å². The molecule has 7 nitrogen and oxygen atoms in total. The molecule has 0 saturated carbocycles. The normalized spacial score (nSPS) is 15.0. The second kappa shape index (κ2) is 9.72. The van der Waals surface area contributed by atoms with Gasteiger partial charge in [0.25, 0.3) is 10.0 Å². The summed E-state index contributed by atoms with van der Waals surface area (Å²) < 4.78 is 39.3. The van der Waals surface area contributed by atoms with Crippen LogP contribution in [0.2, 0.25) is 5.02 Å². The van der Waals surface area contributed by atoms with E-state index in [0.29, 0.717) is 22.2 Å². The van der Waals surface area contributed by atoms with Gasteiger partial charge in [-0.15, -0.1) is 0 Å². The minimum atomic E-state index is -4.00. The average Bonchev–Trinajstić information content (AvgIpc) is 2.83. The maximum atomic E-state index is 13.4. The first-order valence-corrected chi connectivity index (χ1v) is 12.2. The van der Waals surface area contributed by atoms with Gasteiger partial charge in [0.15, 0.2) is 11.5 Å². The van der Waals surface area contributed by atoms with Crippen molar-refractivity contribution in [3.8, 4) is 11.5 Å². The number of sulfonamides is 1. The van der Waals surface area contributed by atoms with Crippen molar-refractivity contribution in [3.63, 3.8) is 0 Å². The first kappa shape index (κ1) is 22.9. The Hall–Kier alpha value is -3.23. The molecule has 33 heavy (non-hydrogen) atoms. The summed E-state index contributed by atoms with van der Waals surface area (Å²) in [5.74, 6) is 0.774. The summed E-state index contributed by atoms with van der Waals surface area (Å²) in [6.07, 6.45) is -0.392. The number of rotatable bonds is 7. The van der Waals surface area contributed by atoms with Crippen LogP contribution in [0.5, 0.6) is 11.5 Å². The van der Waals surface area contributed by atoms with Crippen molar-refractivity contribution in [1.29, 1.82) is 0 Å². The van der Waals surface area contributed by atoms with Crippen molar-refractivity contribution in [2.24, 2.45) is 0 Å². The number of carbonyl (C=O) groups excluding carboxylic acids is 1. The molecule has 0 fully saturated rings. The van der Waals surface area contributed by atoms with Crippen LogP contribution in [-0.4, -0.2) is 40.1 Å². The monoisotopic (exact) mass is 486 g/mol. The van der Waals surface area contributed by atoms with Crippen LogP contribution in [0.4, 0.5) is 5.69 Å². The topological polar surface area (TPSA) is 84.9 Å². The second-order valence-electron chi connectivity index (χ2n) is 7.56. The Kier molecular flexibility index (Phi) is 6.76. The summed E-state index contributed by atoms with van der Waals surface area (Å²) in [5.41, 5.74) is 1.10. The molecule has 0 saturated heterocycles. The Labute approximate surface area is 197 Å². The molecule has 9 heteroatoms. The third-order valence-electron chi connectivity index (χ3n) is 5.16. The number of aryl methyl sites for hydroxylation is 1. The lowest BCUT2D eigenvalue weighted by Gasteiger charge is -2.27. The zero-order valence-corrected chi connectivity index (χ0v) is 19.5. The van der Waals surface area contributed by atoms with Crippen LogP contribution in [0.25, 0.3) is 0 Å². The minimum Gasteiger partial charge on any atom is -0.486 e. The molecule has 3 aromatic rings. The highest BCUT2D eigenvalue weighted by Crippen LogP contribution is 2.31. The van der Waals surface area contributed by atoms with Crippen molar-refractivity contribution in [2.75, 3.05) is 24.0 Å². The number of fused-ring (bicyclic) bond motifs is 1. The van der Waals surface area contributed by atoms with Gasteiger partial charge in [-0.3, -0.25) is 9.10 Å². The van der Waals surface area contributed by atoms with E-state index in [1.54, 1.807) is 42.5 Å². The van der Waals surface area contributed by atoms with Crippen LogP contribution in [0.15, 0.2) is 77.7 Å². The van der Waals surface area contributed by atoms with Gasteiger partial charge >= 0.3 is 0 Å². The van der Waals surface area contributed by atoms with E-state index in [1.807, 2.05) is 25.1 Å². The molecule has 4 rings (SSSR count). The highest BCUT2D eigenvalue weighted by molar-refractivity contribution is 7.92. The van der Waals surface area contributed by atoms with Crippen LogP contribution in [0, 0.1) is 6.92 Å². The number of anilines is 1. The van der Waals surface area contributed by atoms with E-state index < -0.39 is 28.6 Å². The predicted molar refractivity (Wildman–Crippen MR) is 127 cm³/mol. The first-order chi connectivity index (χ1) is 15.8. The fourth-order valence-corrected chi connectivity index (χ4v) is 4.96. The van der Waals surface area contributed by atoms with Crippen molar-refractivity contribution < 1.29 is 22.7 Å². The molecule has 1 atom stereocenters. The molecule has 3 aromatic carbocycles. The molecule has 0 aromatic heterocycles. The van der Waals surface area contributed by atoms with Crippen molar-refractivity contribution in [3.05, 3.63) is 83.4 Å². The van der Waals surface area contributed by atoms with Gasteiger partial charge in [0.1, 0.15) is 19.3 Å². The Morgan fingerprint density at radius 3 is 2.48 bits per heavy atom. The highest BCUT2D eigenvalue weighted by Gasteiger charge is 2.28. The number of benzene rings is 3. The number of amides is 1. The van der Waals surface area contributed by atoms with Gasteiger partial charge in [0, 0.05) is 5.02 Å². The Morgan fingerprint density at radius 1 is 1.06 bits per heavy atom. The zero-order valence-electron chi connectivity index (χ0n) is 17.9. The minimum absolute atomic E-state index is 0.0788. The quantitative estimate of drug-likeness (QED) is 0.549. The zero-order chi connectivity index (χ0) is 23.4. The fraction of sp³-hybridized carbons (Fsp3) is 0.208. The number of nitrogens with one attached hydrogen (secondary N) is 1. The number of para-hydroxylation sites is 2. The van der Waals surface area contributed by atoms with E-state index >= 15 is 0 Å². The number of carbonyl (C=O) groups is 1. The first-order valence-electron chi connectivity index (χ1n) is 10.3. The van der Waals surface area contributed by atoms with Gasteiger partial charge in [-0.1, -0.05) is 48.0 Å². The number of hydrogen-bond donors (Lipinski definition) is 1. The van der Waals surface area contributed by atoms with Gasteiger partial charge in [-0.2, -0.15) is 0 Å². The molecular weight excluding hydrogens is 464 g/mol. The largest absolute Gasteiger partial charge is 0.486 e. The Bertz CT molecular complexity index is 1250. The van der Waals surface area contributed by atoms with Gasteiger partial charge in [-0.25, -0.2) is 8.42 Å². The third kappa shape index (κ3) is 5.23. The van der Waals surface area contributed by atoms with Crippen LogP contribution in [0.3, 0.4) is 0 Å². The second-order valence-corrected chi connectivity index (χ2v) is 9.83. The maximum Gasteiger partial charge on any atom is 0.264 e. The van der Waals surface area contributed by atoms with Crippen LogP contribution in [0.1, 0.15) is 5.56 Å². The molecule has 0 aliphatic carbocycles. The molecular formula is C24H23ClN2O5S. The summed E-state index contributed by atoms with van der Waals surface area (Å²) in [5, 5.41) is 3.16. The molecule has 172 valence electrons. The van der Waals surface area contributed by atoms with E-state index in [4.69, 9.17) is 21.1 Å². The molecule has 0 radical (unpaired) electrons. The lowest BCUT2D eigenvalue weighted by molar-refractivity contribution is -0.120. The van der Waals surface area contributed by atoms with Gasteiger partial charge in [0.2, 0.25) is 5.91 Å². The van der Waals surface area contributed by atoms with E-state index in [-0.39, 0.29) is 18.0 Å². The highest BCUT2D eigenvalue weighted by atomic mass is 35.5. The summed E-state index contributed by atoms with van der Waals surface area (Å²) in [6, 6.07) is 20.1. The molecule has 1 aliphatic heterocycles. The van der Waals surface area contributed by atoms with Crippen LogP contribution in [-0.2, 0) is 14.8 Å². The number of nitrogens with zero attached hydrogens (tertiary/aromatic N) is 1. The molecule has 1 heterocycles. The summed E-state index contributed by atoms with van der Waals surface area (Å²) >= 11 is 6.24. The number of hydrogen-bond acceptors (Lipinski definition) is 5. The molecule has 1 N–H and O–H groups in total. The Morgan fingerprint density at radius 2 is 1.76 bits per heavy atom. The Balaban J connectivity index is 1.50. The molecule has 1 aliphatic rings. The van der Waals surface area contributed by atoms with Crippen molar-refractivity contribution in [2.45, 2.75) is 17.9 Å². The van der Waals surface area contributed by atoms with Crippen LogP contribution < -0.4 is 19.1 Å².